The van der Waals surface area contributed by atoms with E-state index in [-0.39, 0.29) is 0 Å². The predicted octanol–water partition coefficient (Wildman–Crippen LogP) is 15.8. The Balaban J connectivity index is 1.25. The molecule has 2 heteroatoms. The van der Waals surface area contributed by atoms with Crippen LogP contribution in [0, 0.1) is 0 Å². The number of hydrogen-bond acceptors (Lipinski definition) is 2. The molecule has 278 valence electrons. The van der Waals surface area contributed by atoms with Crippen LogP contribution in [0.5, 0.6) is 0 Å². The van der Waals surface area contributed by atoms with Gasteiger partial charge in [0.05, 0.1) is 11.4 Å². The van der Waals surface area contributed by atoms with Gasteiger partial charge in [-0.05, 0) is 101 Å². The molecule has 9 aromatic carbocycles. The van der Waals surface area contributed by atoms with Crippen LogP contribution in [0.15, 0.2) is 206 Å². The van der Waals surface area contributed by atoms with Crippen molar-refractivity contribution in [1.82, 2.24) is 0 Å². The smallest absolute Gasteiger partial charge is 0.0619 e. The van der Waals surface area contributed by atoms with Gasteiger partial charge in [0.2, 0.25) is 0 Å². The highest BCUT2D eigenvalue weighted by Gasteiger charge is 2.24. The first-order chi connectivity index (χ1) is 28.3. The summed E-state index contributed by atoms with van der Waals surface area (Å²) in [6.45, 7) is 3.25. The first-order valence-corrected chi connectivity index (χ1v) is 20.5. The first kappa shape index (κ1) is 36.0. The number of unbranched alkanes of at least 4 members (excludes halogenated alkanes) is 1. The van der Waals surface area contributed by atoms with Crippen molar-refractivity contribution in [3.05, 3.63) is 212 Å². The summed E-state index contributed by atoms with van der Waals surface area (Å²) in [7, 11) is 0. The van der Waals surface area contributed by atoms with Gasteiger partial charge in [0.25, 0.3) is 0 Å². The van der Waals surface area contributed by atoms with E-state index in [1.165, 1.54) is 72.5 Å². The summed E-state index contributed by atoms with van der Waals surface area (Å²) >= 11 is 0. The lowest BCUT2D eigenvalue weighted by Crippen LogP contribution is -2.20. The van der Waals surface area contributed by atoms with Crippen molar-refractivity contribution < 1.29 is 0 Å². The van der Waals surface area contributed by atoms with Crippen LogP contribution in [0.1, 0.15) is 44.1 Å². The van der Waals surface area contributed by atoms with Gasteiger partial charge < -0.3 is 9.80 Å². The molecule has 0 aliphatic carbocycles. The molecule has 9 rings (SSSR count). The summed E-state index contributed by atoms with van der Waals surface area (Å²) < 4.78 is 0. The molecular weight excluding hydrogens is 689 g/mol. The molecule has 9 aromatic rings. The van der Waals surface area contributed by atoms with Crippen LogP contribution in [-0.2, 0) is 0 Å². The Labute approximate surface area is 337 Å². The van der Waals surface area contributed by atoms with Gasteiger partial charge in [-0.3, -0.25) is 0 Å². The average molecular weight is 737 g/mol. The fraction of sp³-hybridized carbons (Fsp3) is 0.127. The topological polar surface area (TPSA) is 6.48 Å². The van der Waals surface area contributed by atoms with E-state index in [2.05, 4.69) is 223 Å². The Morgan fingerprint density at radius 1 is 0.404 bits per heavy atom. The summed E-state index contributed by atoms with van der Waals surface area (Å²) in [6.07, 6.45) is 4.59. The van der Waals surface area contributed by atoms with Gasteiger partial charge in [0.1, 0.15) is 0 Å². The van der Waals surface area contributed by atoms with Crippen LogP contribution in [0.2, 0.25) is 0 Å². The largest absolute Gasteiger partial charge is 0.340 e. The molecule has 0 N–H and O–H groups in total. The maximum absolute atomic E-state index is 2.61. The second kappa shape index (κ2) is 16.6. The van der Waals surface area contributed by atoms with E-state index in [4.69, 9.17) is 0 Å². The average Bonchev–Trinajstić information content (AvgIpc) is 3.28. The Hall–Kier alpha value is -6.64. The standard InChI is InChI=1S/C55H48N2/c1-2-41(42-23-7-3-8-24-42)22-19-20-37-56(47-30-11-5-12-31-47)54-50-35-17-15-27-45(50)40-53-52(54)39-46-28-16-18-36-51(46)55(53)57(48-32-13-6-14-33-48)49-34-21-29-44(38-49)43-25-9-4-10-26-43/h3-18,21,23-36,38-41H,2,19-20,22,37H2,1H3. The van der Waals surface area contributed by atoms with Gasteiger partial charge >= 0.3 is 0 Å². The molecule has 0 saturated carbocycles. The number of nitrogens with zero attached hydrogens (tertiary/aromatic N) is 2. The van der Waals surface area contributed by atoms with Crippen LogP contribution in [-0.4, -0.2) is 6.54 Å². The number of rotatable bonds is 13. The molecule has 0 heterocycles. The van der Waals surface area contributed by atoms with Gasteiger partial charge in [-0.2, -0.15) is 0 Å². The van der Waals surface area contributed by atoms with Crippen LogP contribution in [0.3, 0.4) is 0 Å². The second-order valence-electron chi connectivity index (χ2n) is 15.1. The Morgan fingerprint density at radius 2 is 0.912 bits per heavy atom. The number of hydrogen-bond donors (Lipinski definition) is 0. The van der Waals surface area contributed by atoms with Crippen LogP contribution in [0.4, 0.5) is 28.4 Å². The zero-order chi connectivity index (χ0) is 38.4. The van der Waals surface area contributed by atoms with Crippen molar-refractivity contribution in [3.63, 3.8) is 0 Å². The monoisotopic (exact) mass is 736 g/mol. The first-order valence-electron chi connectivity index (χ1n) is 20.5. The highest BCUT2D eigenvalue weighted by atomic mass is 15.2. The molecule has 1 unspecified atom stereocenters. The third-order valence-corrected chi connectivity index (χ3v) is 11.6. The molecule has 57 heavy (non-hydrogen) atoms. The van der Waals surface area contributed by atoms with Crippen molar-refractivity contribution in [2.75, 3.05) is 16.3 Å². The van der Waals surface area contributed by atoms with E-state index >= 15 is 0 Å². The van der Waals surface area contributed by atoms with Crippen LogP contribution in [0.25, 0.3) is 43.4 Å². The SMILES string of the molecule is CCC(CCCCN(c1ccccc1)c1c2ccccc2cc2c(N(c3ccccc3)c3cccc(-c4ccccc4)c3)c3ccccc3cc12)c1ccccc1. The minimum absolute atomic E-state index is 0.577. The van der Waals surface area contributed by atoms with E-state index in [1.54, 1.807) is 0 Å². The van der Waals surface area contributed by atoms with Gasteiger partial charge in [-0.25, -0.2) is 0 Å². The minimum Gasteiger partial charge on any atom is -0.340 e. The summed E-state index contributed by atoms with van der Waals surface area (Å²) in [6, 6.07) is 75.5. The highest BCUT2D eigenvalue weighted by Crippen LogP contribution is 2.49. The van der Waals surface area contributed by atoms with Crippen molar-refractivity contribution in [2.45, 2.75) is 38.5 Å². The summed E-state index contributed by atoms with van der Waals surface area (Å²) in [5.74, 6) is 0.577. The van der Waals surface area contributed by atoms with Gasteiger partial charge in [0, 0.05) is 45.2 Å². The van der Waals surface area contributed by atoms with E-state index < -0.39 is 0 Å². The molecular formula is C55H48N2. The van der Waals surface area contributed by atoms with E-state index in [9.17, 15) is 0 Å². The number of anilines is 5. The maximum Gasteiger partial charge on any atom is 0.0619 e. The Bertz CT molecular complexity index is 2730. The van der Waals surface area contributed by atoms with Gasteiger partial charge in [0.15, 0.2) is 0 Å². The number of para-hydroxylation sites is 2. The third kappa shape index (κ3) is 7.39. The van der Waals surface area contributed by atoms with Gasteiger partial charge in [-0.15, -0.1) is 0 Å². The lowest BCUT2D eigenvalue weighted by molar-refractivity contribution is 0.559. The fourth-order valence-corrected chi connectivity index (χ4v) is 8.77. The number of benzene rings is 9. The molecule has 0 spiro atoms. The molecule has 0 bridgehead atoms. The molecule has 0 aromatic heterocycles. The summed E-state index contributed by atoms with van der Waals surface area (Å²) in [5.41, 5.74) is 9.77. The summed E-state index contributed by atoms with van der Waals surface area (Å²) in [4.78, 5) is 5.09. The molecule has 0 amide bonds. The van der Waals surface area contributed by atoms with E-state index in [0.717, 1.165) is 37.2 Å². The quantitative estimate of drug-likeness (QED) is 0.0859. The molecule has 2 nitrogen and oxygen atoms in total. The maximum atomic E-state index is 2.61. The molecule has 1 atom stereocenters. The van der Waals surface area contributed by atoms with Gasteiger partial charge in [-0.1, -0.05) is 171 Å². The Kier molecular flexibility index (Phi) is 10.5. The molecule has 0 aliphatic heterocycles. The molecule has 0 saturated heterocycles. The summed E-state index contributed by atoms with van der Waals surface area (Å²) in [5, 5.41) is 7.42. The highest BCUT2D eigenvalue weighted by molar-refractivity contribution is 6.23. The van der Waals surface area contributed by atoms with Crippen molar-refractivity contribution in [2.24, 2.45) is 0 Å². The van der Waals surface area contributed by atoms with Crippen molar-refractivity contribution in [3.8, 4) is 11.1 Å². The predicted molar refractivity (Wildman–Crippen MR) is 246 cm³/mol. The van der Waals surface area contributed by atoms with Crippen LogP contribution >= 0.6 is 0 Å². The molecule has 0 radical (unpaired) electrons. The fourth-order valence-electron chi connectivity index (χ4n) is 8.77. The molecule has 0 aliphatic rings. The van der Waals surface area contributed by atoms with E-state index in [0.29, 0.717) is 5.92 Å². The van der Waals surface area contributed by atoms with Crippen molar-refractivity contribution >= 4 is 60.8 Å². The van der Waals surface area contributed by atoms with Crippen molar-refractivity contribution in [1.29, 1.82) is 0 Å². The molecule has 0 fully saturated rings. The van der Waals surface area contributed by atoms with E-state index in [1.807, 2.05) is 0 Å². The zero-order valence-corrected chi connectivity index (χ0v) is 32.6. The number of fused-ring (bicyclic) bond motifs is 3. The van der Waals surface area contributed by atoms with Crippen LogP contribution < -0.4 is 9.80 Å². The normalized spacial score (nSPS) is 11.9. The minimum atomic E-state index is 0.577. The third-order valence-electron chi connectivity index (χ3n) is 11.6. The second-order valence-corrected chi connectivity index (χ2v) is 15.1. The lowest BCUT2D eigenvalue weighted by Gasteiger charge is -2.32. The lowest BCUT2D eigenvalue weighted by atomic mass is 9.91. The zero-order valence-electron chi connectivity index (χ0n) is 32.6. The Morgan fingerprint density at radius 3 is 1.56 bits per heavy atom.